The Hall–Kier alpha value is -2.32. The number of carbonyl (C=O) groups is 1. The number of nitrogens with zero attached hydrogens (tertiary/aromatic N) is 2. The average Bonchev–Trinajstić information content (AvgIpc) is 2.67. The molecule has 1 amide bonds. The molecule has 0 saturated carbocycles. The lowest BCUT2D eigenvalue weighted by atomic mass is 10.0. The maximum absolute atomic E-state index is 12.3. The van der Waals surface area contributed by atoms with Crippen molar-refractivity contribution in [3.63, 3.8) is 0 Å². The van der Waals surface area contributed by atoms with E-state index >= 15 is 0 Å². The van der Waals surface area contributed by atoms with E-state index in [1.54, 1.807) is 0 Å². The molecule has 0 bridgehead atoms. The van der Waals surface area contributed by atoms with Gasteiger partial charge in [0.15, 0.2) is 0 Å². The van der Waals surface area contributed by atoms with Gasteiger partial charge in [-0.15, -0.1) is 0 Å². The van der Waals surface area contributed by atoms with Crippen molar-refractivity contribution in [1.29, 1.82) is 5.26 Å². The molecule has 0 aliphatic carbocycles. The van der Waals surface area contributed by atoms with Gasteiger partial charge in [-0.1, -0.05) is 45.0 Å². The first-order chi connectivity index (χ1) is 12.5. The molecule has 1 aromatic carbocycles. The van der Waals surface area contributed by atoms with Gasteiger partial charge in [-0.3, -0.25) is 4.79 Å². The van der Waals surface area contributed by atoms with Gasteiger partial charge >= 0.3 is 0 Å². The minimum absolute atomic E-state index is 0.102. The maximum atomic E-state index is 12.3. The highest BCUT2D eigenvalue weighted by Gasteiger charge is 2.13. The Kier molecular flexibility index (Phi) is 10.1. The molecule has 0 heterocycles. The van der Waals surface area contributed by atoms with Crippen molar-refractivity contribution in [1.82, 2.24) is 15.5 Å². The number of carbonyl (C=O) groups excluding carboxylic acids is 1. The van der Waals surface area contributed by atoms with Crippen LogP contribution < -0.4 is 10.6 Å². The van der Waals surface area contributed by atoms with Gasteiger partial charge in [-0.25, -0.2) is 0 Å². The highest BCUT2D eigenvalue weighted by atomic mass is 16.1. The van der Waals surface area contributed by atoms with E-state index in [0.29, 0.717) is 0 Å². The van der Waals surface area contributed by atoms with Crippen LogP contribution in [0.1, 0.15) is 51.3 Å². The molecule has 2 N–H and O–H groups in total. The first-order valence-corrected chi connectivity index (χ1v) is 9.51. The highest BCUT2D eigenvalue weighted by Crippen LogP contribution is 2.14. The quantitative estimate of drug-likeness (QED) is 0.363. The van der Waals surface area contributed by atoms with Crippen molar-refractivity contribution in [3.8, 4) is 6.07 Å². The number of hydrogen-bond donors (Lipinski definition) is 2. The summed E-state index contributed by atoms with van der Waals surface area (Å²) in [5.41, 5.74) is 2.39. The molecule has 0 fully saturated rings. The molecule has 0 aliphatic heterocycles. The molecule has 142 valence electrons. The molecule has 5 nitrogen and oxygen atoms in total. The Labute approximate surface area is 158 Å². The van der Waals surface area contributed by atoms with E-state index in [9.17, 15) is 10.1 Å². The lowest BCUT2D eigenvalue weighted by Gasteiger charge is -2.17. The number of rotatable bonds is 11. The van der Waals surface area contributed by atoms with Crippen LogP contribution in [0, 0.1) is 11.3 Å². The number of hydrogen-bond acceptors (Lipinski definition) is 4. The fraction of sp³-hybridized carbons (Fsp3) is 0.524. The van der Waals surface area contributed by atoms with Gasteiger partial charge in [0, 0.05) is 12.7 Å². The van der Waals surface area contributed by atoms with Crippen LogP contribution in [0.4, 0.5) is 0 Å². The van der Waals surface area contributed by atoms with Crippen molar-refractivity contribution < 1.29 is 4.79 Å². The summed E-state index contributed by atoms with van der Waals surface area (Å²) >= 11 is 0. The van der Waals surface area contributed by atoms with Gasteiger partial charge in [0.1, 0.15) is 11.6 Å². The summed E-state index contributed by atoms with van der Waals surface area (Å²) in [4.78, 5) is 14.6. The lowest BCUT2D eigenvalue weighted by molar-refractivity contribution is -0.117. The summed E-state index contributed by atoms with van der Waals surface area (Å²) in [6.07, 6.45) is 3.48. The van der Waals surface area contributed by atoms with E-state index in [0.717, 1.165) is 44.6 Å². The van der Waals surface area contributed by atoms with Crippen LogP contribution in [-0.2, 0) is 11.2 Å². The van der Waals surface area contributed by atoms with Crippen LogP contribution >= 0.6 is 0 Å². The van der Waals surface area contributed by atoms with Crippen LogP contribution in [0.2, 0.25) is 0 Å². The van der Waals surface area contributed by atoms with Crippen LogP contribution in [0.5, 0.6) is 0 Å². The predicted octanol–water partition coefficient (Wildman–Crippen LogP) is 3.16. The Bertz CT molecular complexity index is 612. The zero-order valence-corrected chi connectivity index (χ0v) is 16.5. The van der Waals surface area contributed by atoms with Gasteiger partial charge in [0.2, 0.25) is 0 Å². The standard InChI is InChI=1S/C21H32N4O/c1-5-18-9-11-19(12-10-18)17(4)24-21(26)20(15-22)16-23-13-8-14-25(6-2)7-3/h9-12,16-17,23H,5-8,13-14H2,1-4H3,(H,24,26)/b20-16-. The normalized spacial score (nSPS) is 12.5. The molecule has 0 aliphatic rings. The first kappa shape index (κ1) is 21.7. The maximum Gasteiger partial charge on any atom is 0.263 e. The first-order valence-electron chi connectivity index (χ1n) is 9.51. The smallest absolute Gasteiger partial charge is 0.263 e. The summed E-state index contributed by atoms with van der Waals surface area (Å²) in [5, 5.41) is 15.2. The summed E-state index contributed by atoms with van der Waals surface area (Å²) in [6.45, 7) is 12.1. The minimum atomic E-state index is -0.351. The van der Waals surface area contributed by atoms with Crippen LogP contribution in [-0.4, -0.2) is 37.0 Å². The predicted molar refractivity (Wildman–Crippen MR) is 106 cm³/mol. The topological polar surface area (TPSA) is 68.2 Å². The second-order valence-electron chi connectivity index (χ2n) is 6.29. The minimum Gasteiger partial charge on any atom is -0.390 e. The number of nitriles is 1. The summed E-state index contributed by atoms with van der Waals surface area (Å²) in [7, 11) is 0. The van der Waals surface area contributed by atoms with E-state index in [1.165, 1.54) is 11.8 Å². The molecule has 0 radical (unpaired) electrons. The lowest BCUT2D eigenvalue weighted by Crippen LogP contribution is -2.29. The molecule has 0 aromatic heterocycles. The molecule has 5 heteroatoms. The molecular formula is C21H32N4O. The fourth-order valence-corrected chi connectivity index (χ4v) is 2.67. The number of aryl methyl sites for hydroxylation is 1. The Morgan fingerprint density at radius 2 is 1.88 bits per heavy atom. The number of benzene rings is 1. The third kappa shape index (κ3) is 7.28. The highest BCUT2D eigenvalue weighted by molar-refractivity contribution is 5.97. The molecule has 26 heavy (non-hydrogen) atoms. The van der Waals surface area contributed by atoms with Crippen LogP contribution in [0.25, 0.3) is 0 Å². The zero-order chi connectivity index (χ0) is 19.4. The van der Waals surface area contributed by atoms with E-state index in [1.807, 2.05) is 25.1 Å². The van der Waals surface area contributed by atoms with Gasteiger partial charge in [-0.2, -0.15) is 5.26 Å². The van der Waals surface area contributed by atoms with E-state index < -0.39 is 0 Å². The molecule has 1 rings (SSSR count). The third-order valence-corrected chi connectivity index (χ3v) is 4.54. The summed E-state index contributed by atoms with van der Waals surface area (Å²) in [6, 6.07) is 10.00. The van der Waals surface area contributed by atoms with Gasteiger partial charge in [-0.05, 0) is 50.5 Å². The SMILES string of the molecule is CCc1ccc(C(C)NC(=O)/C(C#N)=C\NCCCN(CC)CC)cc1. The monoisotopic (exact) mass is 356 g/mol. The van der Waals surface area contributed by atoms with Crippen molar-refractivity contribution in [2.45, 2.75) is 46.6 Å². The largest absolute Gasteiger partial charge is 0.390 e. The number of nitrogens with one attached hydrogen (secondary N) is 2. The third-order valence-electron chi connectivity index (χ3n) is 4.54. The second kappa shape index (κ2) is 12.1. The molecule has 1 atom stereocenters. The molecule has 1 unspecified atom stereocenters. The van der Waals surface area contributed by atoms with Crippen molar-refractivity contribution in [2.24, 2.45) is 0 Å². The average molecular weight is 357 g/mol. The zero-order valence-electron chi connectivity index (χ0n) is 16.5. The molecule has 1 aromatic rings. The Morgan fingerprint density at radius 3 is 2.42 bits per heavy atom. The van der Waals surface area contributed by atoms with Crippen LogP contribution in [0.3, 0.4) is 0 Å². The Balaban J connectivity index is 2.50. The van der Waals surface area contributed by atoms with Crippen molar-refractivity contribution >= 4 is 5.91 Å². The van der Waals surface area contributed by atoms with E-state index in [4.69, 9.17) is 0 Å². The number of amides is 1. The molecule has 0 spiro atoms. The Morgan fingerprint density at radius 1 is 1.23 bits per heavy atom. The summed E-state index contributed by atoms with van der Waals surface area (Å²) in [5.74, 6) is -0.351. The summed E-state index contributed by atoms with van der Waals surface area (Å²) < 4.78 is 0. The van der Waals surface area contributed by atoms with Gasteiger partial charge in [0.25, 0.3) is 5.91 Å². The van der Waals surface area contributed by atoms with Gasteiger partial charge in [0.05, 0.1) is 6.04 Å². The van der Waals surface area contributed by atoms with Crippen molar-refractivity contribution in [3.05, 3.63) is 47.2 Å². The molecular weight excluding hydrogens is 324 g/mol. The fourth-order valence-electron chi connectivity index (χ4n) is 2.67. The van der Waals surface area contributed by atoms with Gasteiger partial charge < -0.3 is 15.5 Å². The van der Waals surface area contributed by atoms with Crippen molar-refractivity contribution in [2.75, 3.05) is 26.2 Å². The van der Waals surface area contributed by atoms with E-state index in [2.05, 4.69) is 48.4 Å². The van der Waals surface area contributed by atoms with E-state index in [-0.39, 0.29) is 17.5 Å². The molecule has 0 saturated heterocycles. The van der Waals surface area contributed by atoms with Crippen LogP contribution in [0.15, 0.2) is 36.0 Å². The second-order valence-corrected chi connectivity index (χ2v) is 6.29.